The zero-order valence-corrected chi connectivity index (χ0v) is 17.6. The fourth-order valence-electron chi connectivity index (χ4n) is 4.72. The molecule has 9 nitrogen and oxygen atoms in total. The highest BCUT2D eigenvalue weighted by Gasteiger charge is 2.45. The van der Waals surface area contributed by atoms with Crippen molar-refractivity contribution in [2.45, 2.75) is 37.6 Å². The number of nitrogens with two attached hydrogens (primary N) is 1. The normalized spacial score (nSPS) is 18.2. The molecule has 0 radical (unpaired) electrons. The quantitative estimate of drug-likeness (QED) is 0.643. The first-order valence-electron chi connectivity index (χ1n) is 10.6. The van der Waals surface area contributed by atoms with Crippen molar-refractivity contribution in [3.05, 3.63) is 48.0 Å². The molecule has 0 bridgehead atoms. The summed E-state index contributed by atoms with van der Waals surface area (Å²) < 4.78 is 41.9. The van der Waals surface area contributed by atoms with Gasteiger partial charge >= 0.3 is 0 Å². The van der Waals surface area contributed by atoms with E-state index in [9.17, 15) is 18.0 Å². The molecule has 2 aliphatic heterocycles. The average molecular weight is 458 g/mol. The number of piperidine rings is 2. The van der Waals surface area contributed by atoms with Gasteiger partial charge in [-0.3, -0.25) is 4.79 Å². The van der Waals surface area contributed by atoms with Crippen molar-refractivity contribution >= 4 is 23.5 Å². The number of anilines is 3. The van der Waals surface area contributed by atoms with E-state index in [1.54, 1.807) is 4.90 Å². The Labute approximate surface area is 187 Å². The summed E-state index contributed by atoms with van der Waals surface area (Å²) in [5, 5.41) is 3.86. The van der Waals surface area contributed by atoms with Crippen LogP contribution in [0.4, 0.5) is 30.8 Å². The molecule has 2 saturated heterocycles. The van der Waals surface area contributed by atoms with E-state index in [1.165, 1.54) is 10.7 Å². The third kappa shape index (κ3) is 3.85. The molecule has 2 aliphatic rings. The molecular weight excluding hydrogens is 437 g/mol. The van der Waals surface area contributed by atoms with Crippen molar-refractivity contribution in [2.75, 3.05) is 28.6 Å². The predicted molar refractivity (Wildman–Crippen MR) is 113 cm³/mol. The number of amides is 1. The Morgan fingerprint density at radius 3 is 2.42 bits per heavy atom. The zero-order valence-electron chi connectivity index (χ0n) is 17.6. The number of benzene rings is 1. The van der Waals surface area contributed by atoms with Crippen LogP contribution in [0.25, 0.3) is 5.95 Å². The number of rotatable bonds is 3. The van der Waals surface area contributed by atoms with Crippen LogP contribution in [0, 0.1) is 17.5 Å². The maximum Gasteiger partial charge on any atom is 0.257 e. The maximum atomic E-state index is 13.9. The van der Waals surface area contributed by atoms with Gasteiger partial charge in [-0.2, -0.15) is 20.1 Å². The number of hydrogen-bond acceptors (Lipinski definition) is 7. The molecule has 12 heteroatoms. The van der Waals surface area contributed by atoms with Gasteiger partial charge in [0.25, 0.3) is 5.95 Å². The summed E-state index contributed by atoms with van der Waals surface area (Å²) >= 11 is 0. The molecule has 172 valence electrons. The van der Waals surface area contributed by atoms with Gasteiger partial charge < -0.3 is 15.5 Å². The summed E-state index contributed by atoms with van der Waals surface area (Å²) in [6.45, 7) is 1.01. The first-order chi connectivity index (χ1) is 15.8. The molecule has 0 atom stereocenters. The van der Waals surface area contributed by atoms with Crippen LogP contribution >= 0.6 is 0 Å². The lowest BCUT2D eigenvalue weighted by molar-refractivity contribution is -0.121. The third-order valence-corrected chi connectivity index (χ3v) is 6.28. The molecular formula is C21H21F3N8O. The van der Waals surface area contributed by atoms with Crippen LogP contribution in [0.2, 0.25) is 0 Å². The van der Waals surface area contributed by atoms with E-state index in [0.29, 0.717) is 44.0 Å². The molecule has 0 saturated carbocycles. The van der Waals surface area contributed by atoms with Gasteiger partial charge in [0, 0.05) is 31.3 Å². The molecule has 1 amide bonds. The average Bonchev–Trinajstić information content (AvgIpc) is 3.23. The molecule has 2 N–H and O–H groups in total. The lowest BCUT2D eigenvalue weighted by Crippen LogP contribution is -2.60. The van der Waals surface area contributed by atoms with Crippen molar-refractivity contribution in [1.82, 2.24) is 24.7 Å². The van der Waals surface area contributed by atoms with Crippen molar-refractivity contribution in [3.8, 4) is 5.95 Å². The van der Waals surface area contributed by atoms with Crippen molar-refractivity contribution in [3.63, 3.8) is 0 Å². The Morgan fingerprint density at radius 2 is 1.73 bits per heavy atom. The van der Waals surface area contributed by atoms with Crippen LogP contribution in [-0.2, 0) is 4.79 Å². The monoisotopic (exact) mass is 458 g/mol. The summed E-state index contributed by atoms with van der Waals surface area (Å²) in [6.07, 6.45) is 5.17. The Kier molecular flexibility index (Phi) is 5.14. The van der Waals surface area contributed by atoms with Gasteiger partial charge in [-0.25, -0.2) is 17.9 Å². The SMILES string of the molecule is Nc1nc(N2CCC3(CCCC(=O)N3c3ccc(F)c(F)c3)CC2)nc(-n2cc(F)cn2)n1. The Bertz CT molecular complexity index is 1210. The van der Waals surface area contributed by atoms with Gasteiger partial charge in [-0.1, -0.05) is 0 Å². The highest BCUT2D eigenvalue weighted by atomic mass is 19.2. The van der Waals surface area contributed by atoms with Gasteiger partial charge in [-0.05, 0) is 37.8 Å². The minimum Gasteiger partial charge on any atom is -0.368 e. The summed E-state index contributed by atoms with van der Waals surface area (Å²) in [4.78, 5) is 29.0. The fourth-order valence-corrected chi connectivity index (χ4v) is 4.72. The van der Waals surface area contributed by atoms with Crippen LogP contribution in [-0.4, -0.2) is 49.3 Å². The fraction of sp³-hybridized carbons (Fsp3) is 0.381. The molecule has 2 aromatic heterocycles. The lowest BCUT2D eigenvalue weighted by Gasteiger charge is -2.51. The standard InChI is InChI=1S/C21H21F3N8O/c22-13-11-26-31(12-13)20-28-18(25)27-19(29-20)30-8-6-21(7-9-30)5-1-2-17(33)32(21)14-3-4-15(23)16(24)10-14/h3-4,10-12H,1-2,5-9H2,(H2,25,27,28,29). The van der Waals surface area contributed by atoms with E-state index in [0.717, 1.165) is 37.4 Å². The molecule has 1 spiro atoms. The summed E-state index contributed by atoms with van der Waals surface area (Å²) in [5.74, 6) is -2.18. The van der Waals surface area contributed by atoms with E-state index < -0.39 is 23.0 Å². The molecule has 4 heterocycles. The molecule has 0 aliphatic carbocycles. The Hall–Kier alpha value is -3.70. The van der Waals surface area contributed by atoms with Gasteiger partial charge in [0.05, 0.1) is 17.9 Å². The van der Waals surface area contributed by atoms with Gasteiger partial charge in [-0.15, -0.1) is 0 Å². The second-order valence-electron chi connectivity index (χ2n) is 8.29. The zero-order chi connectivity index (χ0) is 23.2. The number of nitrogen functional groups attached to an aromatic ring is 1. The van der Waals surface area contributed by atoms with Gasteiger partial charge in [0.2, 0.25) is 17.8 Å². The maximum absolute atomic E-state index is 13.9. The second kappa shape index (κ2) is 8.01. The van der Waals surface area contributed by atoms with Crippen LogP contribution in [0.3, 0.4) is 0 Å². The lowest BCUT2D eigenvalue weighted by atomic mass is 9.78. The Morgan fingerprint density at radius 1 is 0.970 bits per heavy atom. The molecule has 33 heavy (non-hydrogen) atoms. The largest absolute Gasteiger partial charge is 0.368 e. The molecule has 2 fully saturated rings. The number of halogens is 3. The highest BCUT2D eigenvalue weighted by Crippen LogP contribution is 2.41. The summed E-state index contributed by atoms with van der Waals surface area (Å²) in [7, 11) is 0. The number of carbonyl (C=O) groups excluding carboxylic acids is 1. The van der Waals surface area contributed by atoms with Crippen molar-refractivity contribution < 1.29 is 18.0 Å². The van der Waals surface area contributed by atoms with Crippen LogP contribution in [0.1, 0.15) is 32.1 Å². The topological polar surface area (TPSA) is 106 Å². The van der Waals surface area contributed by atoms with E-state index in [1.807, 2.05) is 4.90 Å². The number of carbonyl (C=O) groups is 1. The van der Waals surface area contributed by atoms with Gasteiger partial charge in [0.1, 0.15) is 0 Å². The van der Waals surface area contributed by atoms with Crippen molar-refractivity contribution in [1.29, 1.82) is 0 Å². The number of hydrogen-bond donors (Lipinski definition) is 1. The van der Waals surface area contributed by atoms with E-state index in [-0.39, 0.29) is 17.8 Å². The third-order valence-electron chi connectivity index (χ3n) is 6.28. The van der Waals surface area contributed by atoms with Crippen LogP contribution in [0.5, 0.6) is 0 Å². The molecule has 1 aromatic carbocycles. The van der Waals surface area contributed by atoms with E-state index >= 15 is 0 Å². The van der Waals surface area contributed by atoms with Crippen LogP contribution < -0.4 is 15.5 Å². The Balaban J connectivity index is 1.41. The first kappa shape index (κ1) is 21.2. The van der Waals surface area contributed by atoms with E-state index in [4.69, 9.17) is 5.73 Å². The number of nitrogens with zero attached hydrogens (tertiary/aromatic N) is 7. The van der Waals surface area contributed by atoms with E-state index in [2.05, 4.69) is 20.1 Å². The highest BCUT2D eigenvalue weighted by molar-refractivity contribution is 5.95. The summed E-state index contributed by atoms with van der Waals surface area (Å²) in [5.41, 5.74) is 5.70. The van der Waals surface area contributed by atoms with Crippen LogP contribution in [0.15, 0.2) is 30.6 Å². The summed E-state index contributed by atoms with van der Waals surface area (Å²) in [6, 6.07) is 3.56. The molecule has 5 rings (SSSR count). The first-order valence-corrected chi connectivity index (χ1v) is 10.6. The van der Waals surface area contributed by atoms with Crippen molar-refractivity contribution in [2.24, 2.45) is 0 Å². The second-order valence-corrected chi connectivity index (χ2v) is 8.29. The minimum absolute atomic E-state index is 0.0255. The predicted octanol–water partition coefficient (Wildman–Crippen LogP) is 2.61. The van der Waals surface area contributed by atoms with Gasteiger partial charge in [0.15, 0.2) is 17.5 Å². The molecule has 0 unspecified atom stereocenters. The minimum atomic E-state index is -0.985. The molecule has 3 aromatic rings. The number of aromatic nitrogens is 5. The smallest absolute Gasteiger partial charge is 0.257 e.